The zero-order valence-corrected chi connectivity index (χ0v) is 14.3. The summed E-state index contributed by atoms with van der Waals surface area (Å²) in [7, 11) is 0. The van der Waals surface area contributed by atoms with Gasteiger partial charge in [-0.25, -0.2) is 4.39 Å². The van der Waals surface area contributed by atoms with E-state index >= 15 is 0 Å². The number of halogens is 1. The van der Waals surface area contributed by atoms with E-state index in [2.05, 4.69) is 20.7 Å². The lowest BCUT2D eigenvalue weighted by molar-refractivity contribution is -0.115. The molecule has 2 heterocycles. The van der Waals surface area contributed by atoms with E-state index in [0.29, 0.717) is 22.1 Å². The molecule has 0 saturated carbocycles. The average molecular weight is 364 g/mol. The largest absolute Gasteiger partial charge is 0.356 e. The van der Waals surface area contributed by atoms with Gasteiger partial charge in [-0.1, -0.05) is 35.2 Å². The minimum atomic E-state index is -0.324. The fourth-order valence-electron chi connectivity index (χ4n) is 1.92. The molecule has 3 aromatic rings. The van der Waals surface area contributed by atoms with Crippen molar-refractivity contribution in [3.05, 3.63) is 41.8 Å². The van der Waals surface area contributed by atoms with Crippen molar-refractivity contribution < 1.29 is 13.7 Å². The Labute approximate surface area is 145 Å². The molecule has 0 radical (unpaired) electrons. The third-order valence-corrected chi connectivity index (χ3v) is 4.80. The van der Waals surface area contributed by atoms with Gasteiger partial charge < -0.3 is 9.84 Å². The monoisotopic (exact) mass is 364 g/mol. The molecule has 0 spiro atoms. The molecule has 6 nitrogen and oxygen atoms in total. The number of hydrogen-bond acceptors (Lipinski definition) is 7. The van der Waals surface area contributed by atoms with E-state index in [9.17, 15) is 9.18 Å². The van der Waals surface area contributed by atoms with Crippen LogP contribution in [0.2, 0.25) is 0 Å². The Kier molecular flexibility index (Phi) is 5.21. The van der Waals surface area contributed by atoms with Crippen molar-refractivity contribution >= 4 is 34.1 Å². The molecular weight excluding hydrogens is 351 g/mol. The van der Waals surface area contributed by atoms with Crippen LogP contribution in [0.25, 0.3) is 11.3 Å². The Balaban J connectivity index is 1.61. The minimum Gasteiger partial charge on any atom is -0.356 e. The van der Waals surface area contributed by atoms with E-state index in [4.69, 9.17) is 4.52 Å². The van der Waals surface area contributed by atoms with Gasteiger partial charge in [-0.3, -0.25) is 4.79 Å². The quantitative estimate of drug-likeness (QED) is 0.531. The first-order chi connectivity index (χ1) is 11.6. The number of thioether (sulfide) groups is 1. The molecule has 1 N–H and O–H groups in total. The second-order valence-electron chi connectivity index (χ2n) is 4.72. The van der Waals surface area contributed by atoms with Gasteiger partial charge in [0.2, 0.25) is 11.0 Å². The molecule has 0 aliphatic heterocycles. The SMILES string of the molecule is CCSc1nnc(NC(=O)Cc2cc(-c3ccc(F)cc3)on2)s1. The first kappa shape index (κ1) is 16.6. The van der Waals surface area contributed by atoms with E-state index in [-0.39, 0.29) is 18.1 Å². The number of nitrogens with zero attached hydrogens (tertiary/aromatic N) is 3. The van der Waals surface area contributed by atoms with Crippen molar-refractivity contribution in [3.8, 4) is 11.3 Å². The Morgan fingerprint density at radius 1 is 1.33 bits per heavy atom. The van der Waals surface area contributed by atoms with Gasteiger partial charge in [0, 0.05) is 11.6 Å². The number of hydrogen-bond donors (Lipinski definition) is 1. The van der Waals surface area contributed by atoms with Gasteiger partial charge in [-0.05, 0) is 30.0 Å². The van der Waals surface area contributed by atoms with E-state index in [1.54, 1.807) is 30.0 Å². The highest BCUT2D eigenvalue weighted by molar-refractivity contribution is 8.01. The minimum absolute atomic E-state index is 0.0561. The standard InChI is InChI=1S/C15H13FN4O2S2/c1-2-23-15-19-18-14(24-15)17-13(21)8-11-7-12(22-20-11)9-3-5-10(16)6-4-9/h3-7H,2,8H2,1H3,(H,17,18,21). The Bertz CT molecular complexity index is 832. The van der Waals surface area contributed by atoms with Crippen LogP contribution >= 0.6 is 23.1 Å². The second kappa shape index (κ2) is 7.54. The van der Waals surface area contributed by atoms with Gasteiger partial charge in [0.25, 0.3) is 0 Å². The van der Waals surface area contributed by atoms with E-state index in [1.807, 2.05) is 6.92 Å². The molecule has 0 fully saturated rings. The van der Waals surface area contributed by atoms with Crippen LogP contribution in [0.4, 0.5) is 9.52 Å². The summed E-state index contributed by atoms with van der Waals surface area (Å²) in [6, 6.07) is 7.52. The van der Waals surface area contributed by atoms with Gasteiger partial charge in [0.05, 0.1) is 12.1 Å². The van der Waals surface area contributed by atoms with Gasteiger partial charge in [0.1, 0.15) is 5.82 Å². The number of amides is 1. The summed E-state index contributed by atoms with van der Waals surface area (Å²) in [6.07, 6.45) is 0.0561. The summed E-state index contributed by atoms with van der Waals surface area (Å²) >= 11 is 2.90. The number of carbonyl (C=O) groups excluding carboxylic acids is 1. The number of carbonyl (C=O) groups is 1. The molecule has 24 heavy (non-hydrogen) atoms. The molecular formula is C15H13FN4O2S2. The van der Waals surface area contributed by atoms with Crippen molar-refractivity contribution in [3.63, 3.8) is 0 Å². The van der Waals surface area contributed by atoms with Crippen LogP contribution in [0, 0.1) is 5.82 Å². The maximum atomic E-state index is 12.9. The fourth-order valence-corrected chi connectivity index (χ4v) is 3.58. The molecule has 0 aliphatic carbocycles. The highest BCUT2D eigenvalue weighted by Gasteiger charge is 2.13. The first-order valence-electron chi connectivity index (χ1n) is 7.11. The normalized spacial score (nSPS) is 10.8. The van der Waals surface area contributed by atoms with Crippen LogP contribution in [0.1, 0.15) is 12.6 Å². The summed E-state index contributed by atoms with van der Waals surface area (Å²) in [5, 5.41) is 14.9. The third-order valence-electron chi connectivity index (χ3n) is 2.95. The molecule has 2 aromatic heterocycles. The van der Waals surface area contributed by atoms with E-state index in [0.717, 1.165) is 10.1 Å². The van der Waals surface area contributed by atoms with Crippen molar-refractivity contribution in [1.82, 2.24) is 15.4 Å². The topological polar surface area (TPSA) is 80.9 Å². The van der Waals surface area contributed by atoms with Crippen molar-refractivity contribution in [1.29, 1.82) is 0 Å². The average Bonchev–Trinajstić information content (AvgIpc) is 3.18. The second-order valence-corrected chi connectivity index (χ2v) is 7.21. The molecule has 0 bridgehead atoms. The fraction of sp³-hybridized carbons (Fsp3) is 0.200. The zero-order chi connectivity index (χ0) is 16.9. The van der Waals surface area contributed by atoms with Crippen LogP contribution in [0.3, 0.4) is 0 Å². The molecule has 3 rings (SSSR count). The maximum absolute atomic E-state index is 12.9. The predicted molar refractivity (Wildman–Crippen MR) is 90.5 cm³/mol. The highest BCUT2D eigenvalue weighted by atomic mass is 32.2. The van der Waals surface area contributed by atoms with Crippen molar-refractivity contribution in [2.75, 3.05) is 11.1 Å². The molecule has 1 aromatic carbocycles. The van der Waals surface area contributed by atoms with Crippen molar-refractivity contribution in [2.24, 2.45) is 0 Å². The zero-order valence-electron chi connectivity index (χ0n) is 12.7. The highest BCUT2D eigenvalue weighted by Crippen LogP contribution is 2.25. The van der Waals surface area contributed by atoms with Crippen LogP contribution < -0.4 is 5.32 Å². The molecule has 1 amide bonds. The Hall–Kier alpha value is -2.26. The lowest BCUT2D eigenvalue weighted by Gasteiger charge is -1.97. The molecule has 0 unspecified atom stereocenters. The van der Waals surface area contributed by atoms with Gasteiger partial charge in [-0.15, -0.1) is 10.2 Å². The Morgan fingerprint density at radius 2 is 2.12 bits per heavy atom. The van der Waals surface area contributed by atoms with Gasteiger partial charge in [-0.2, -0.15) is 0 Å². The smallest absolute Gasteiger partial charge is 0.232 e. The van der Waals surface area contributed by atoms with Crippen LogP contribution in [-0.2, 0) is 11.2 Å². The molecule has 0 aliphatic rings. The van der Waals surface area contributed by atoms with Gasteiger partial charge in [0.15, 0.2) is 10.1 Å². The maximum Gasteiger partial charge on any atom is 0.232 e. The lowest BCUT2D eigenvalue weighted by atomic mass is 10.1. The van der Waals surface area contributed by atoms with E-state index < -0.39 is 0 Å². The molecule has 9 heteroatoms. The van der Waals surface area contributed by atoms with Crippen molar-refractivity contribution in [2.45, 2.75) is 17.7 Å². The summed E-state index contributed by atoms with van der Waals surface area (Å²) in [4.78, 5) is 12.0. The van der Waals surface area contributed by atoms with Crippen LogP contribution in [0.15, 0.2) is 39.2 Å². The van der Waals surface area contributed by atoms with Crippen LogP contribution in [-0.4, -0.2) is 27.0 Å². The Morgan fingerprint density at radius 3 is 2.88 bits per heavy atom. The molecule has 0 atom stereocenters. The number of nitrogens with one attached hydrogen (secondary N) is 1. The lowest BCUT2D eigenvalue weighted by Crippen LogP contribution is -2.14. The number of aromatic nitrogens is 3. The summed E-state index contributed by atoms with van der Waals surface area (Å²) in [5.74, 6) is 0.803. The van der Waals surface area contributed by atoms with E-state index in [1.165, 1.54) is 23.5 Å². The third kappa shape index (κ3) is 4.18. The molecule has 0 saturated heterocycles. The number of anilines is 1. The summed E-state index contributed by atoms with van der Waals surface area (Å²) < 4.78 is 18.9. The summed E-state index contributed by atoms with van der Waals surface area (Å²) in [5.41, 5.74) is 1.18. The number of rotatable bonds is 6. The first-order valence-corrected chi connectivity index (χ1v) is 8.92. The van der Waals surface area contributed by atoms with Gasteiger partial charge >= 0.3 is 0 Å². The predicted octanol–water partition coefficient (Wildman–Crippen LogP) is 3.63. The molecule has 124 valence electrons. The number of benzene rings is 1. The van der Waals surface area contributed by atoms with Crippen LogP contribution in [0.5, 0.6) is 0 Å². The summed E-state index contributed by atoms with van der Waals surface area (Å²) in [6.45, 7) is 2.02.